The monoisotopic (exact) mass is 370 g/mol. The maximum Gasteiger partial charge on any atom is 0.381 e. The summed E-state index contributed by atoms with van der Waals surface area (Å²) in [6.07, 6.45) is 1.49. The van der Waals surface area contributed by atoms with Gasteiger partial charge in [-0.2, -0.15) is 0 Å². The van der Waals surface area contributed by atoms with Gasteiger partial charge in [0.25, 0.3) is 0 Å². The Hall–Kier alpha value is -2.12. The van der Waals surface area contributed by atoms with E-state index in [0.717, 1.165) is 5.56 Å². The van der Waals surface area contributed by atoms with E-state index in [9.17, 15) is 14.9 Å². The zero-order valence-electron chi connectivity index (χ0n) is 13.1. The molecule has 1 amide bonds. The van der Waals surface area contributed by atoms with Crippen LogP contribution in [0, 0.1) is 17.0 Å². The van der Waals surface area contributed by atoms with Crippen molar-refractivity contribution >= 4 is 34.9 Å². The van der Waals surface area contributed by atoms with Gasteiger partial charge in [-0.05, 0) is 34.5 Å². The van der Waals surface area contributed by atoms with E-state index in [2.05, 4.69) is 10.3 Å². The van der Waals surface area contributed by atoms with Crippen molar-refractivity contribution in [2.75, 3.05) is 0 Å². The summed E-state index contributed by atoms with van der Waals surface area (Å²) in [5.74, 6) is 0.0711. The van der Waals surface area contributed by atoms with Gasteiger partial charge < -0.3 is 20.0 Å². The highest BCUT2D eigenvalue weighted by Crippen LogP contribution is 2.26. The van der Waals surface area contributed by atoms with Crippen molar-refractivity contribution < 1.29 is 9.72 Å². The largest absolute Gasteiger partial charge is 0.381 e. The molecule has 2 aromatic rings. The summed E-state index contributed by atoms with van der Waals surface area (Å²) in [5, 5.41) is 14.5. The molecule has 0 aliphatic rings. The summed E-state index contributed by atoms with van der Waals surface area (Å²) >= 11 is 12.0. The molecule has 1 N–H and O–H groups in total. The molecule has 1 atom stereocenters. The average molecular weight is 371 g/mol. The van der Waals surface area contributed by atoms with Crippen molar-refractivity contribution in [1.29, 1.82) is 0 Å². The zero-order valence-corrected chi connectivity index (χ0v) is 14.6. The predicted octanol–water partition coefficient (Wildman–Crippen LogP) is 3.67. The Kier molecular flexibility index (Phi) is 5.80. The number of amides is 1. The van der Waals surface area contributed by atoms with Gasteiger partial charge in [-0.1, -0.05) is 29.3 Å². The van der Waals surface area contributed by atoms with Crippen LogP contribution in [-0.2, 0) is 11.3 Å². The third kappa shape index (κ3) is 4.46. The van der Waals surface area contributed by atoms with Crippen LogP contribution in [0.5, 0.6) is 0 Å². The van der Waals surface area contributed by atoms with Crippen LogP contribution in [0.2, 0.25) is 10.0 Å². The average Bonchev–Trinajstić information content (AvgIpc) is 2.86. The number of benzene rings is 1. The molecular formula is C15H16Cl2N4O3. The van der Waals surface area contributed by atoms with Crippen LogP contribution in [0.4, 0.5) is 5.82 Å². The van der Waals surface area contributed by atoms with Crippen molar-refractivity contribution in [1.82, 2.24) is 14.9 Å². The molecule has 0 bridgehead atoms. The third-order valence-electron chi connectivity index (χ3n) is 3.54. The van der Waals surface area contributed by atoms with Gasteiger partial charge in [0.1, 0.15) is 6.20 Å². The third-order valence-corrected chi connectivity index (χ3v) is 4.10. The number of nitrogens with zero attached hydrogens (tertiary/aromatic N) is 3. The van der Waals surface area contributed by atoms with Gasteiger partial charge in [0.15, 0.2) is 0 Å². The van der Waals surface area contributed by atoms with Crippen LogP contribution in [0.25, 0.3) is 0 Å². The Morgan fingerprint density at radius 3 is 2.75 bits per heavy atom. The lowest BCUT2D eigenvalue weighted by Gasteiger charge is -2.16. The topological polar surface area (TPSA) is 90.1 Å². The Bertz CT molecular complexity index is 776. The molecule has 0 fully saturated rings. The molecule has 0 saturated heterocycles. The van der Waals surface area contributed by atoms with E-state index in [0.29, 0.717) is 22.4 Å². The molecule has 7 nitrogen and oxygen atoms in total. The molecule has 0 spiro atoms. The van der Waals surface area contributed by atoms with Crippen LogP contribution in [0.3, 0.4) is 0 Å². The molecule has 1 aromatic carbocycles. The van der Waals surface area contributed by atoms with Gasteiger partial charge in [-0.3, -0.25) is 4.79 Å². The second-order valence-corrected chi connectivity index (χ2v) is 6.15. The number of carbonyl (C=O) groups is 1. The standard InChI is InChI=1S/C15H16Cl2N4O3/c1-9(12-4-3-11(16)7-13(12)17)18-15(22)5-6-20-8-14(21(23)24)19-10(20)2/h3-4,7-9H,5-6H2,1-2H3,(H,18,22). The highest BCUT2D eigenvalue weighted by Gasteiger charge is 2.17. The second-order valence-electron chi connectivity index (χ2n) is 5.30. The molecule has 0 saturated carbocycles. The van der Waals surface area contributed by atoms with Gasteiger partial charge in [0.05, 0.1) is 6.04 Å². The van der Waals surface area contributed by atoms with Gasteiger partial charge in [0, 0.05) is 29.9 Å². The summed E-state index contributed by atoms with van der Waals surface area (Å²) in [6, 6.07) is 4.81. The summed E-state index contributed by atoms with van der Waals surface area (Å²) < 4.78 is 1.58. The van der Waals surface area contributed by atoms with E-state index in [-0.39, 0.29) is 24.2 Å². The molecular weight excluding hydrogens is 355 g/mol. The number of carbonyl (C=O) groups excluding carboxylic acids is 1. The highest BCUT2D eigenvalue weighted by molar-refractivity contribution is 6.35. The molecule has 1 unspecified atom stereocenters. The normalized spacial score (nSPS) is 12.0. The Labute approximate surface area is 148 Å². The Morgan fingerprint density at radius 2 is 2.17 bits per heavy atom. The molecule has 0 aliphatic heterocycles. The van der Waals surface area contributed by atoms with E-state index in [1.165, 1.54) is 6.20 Å². The van der Waals surface area contributed by atoms with Gasteiger partial charge in [-0.15, -0.1) is 0 Å². The number of nitro groups is 1. The number of halogens is 2. The molecule has 2 rings (SSSR count). The van der Waals surface area contributed by atoms with Gasteiger partial charge in [0.2, 0.25) is 11.7 Å². The van der Waals surface area contributed by atoms with Crippen molar-refractivity contribution in [3.8, 4) is 0 Å². The highest BCUT2D eigenvalue weighted by atomic mass is 35.5. The number of hydrogen-bond acceptors (Lipinski definition) is 4. The maximum atomic E-state index is 12.1. The number of aromatic nitrogens is 2. The van der Waals surface area contributed by atoms with E-state index in [1.54, 1.807) is 29.7 Å². The molecule has 0 radical (unpaired) electrons. The van der Waals surface area contributed by atoms with Crippen molar-refractivity contribution in [3.63, 3.8) is 0 Å². The number of hydrogen-bond donors (Lipinski definition) is 1. The van der Waals surface area contributed by atoms with Crippen LogP contribution >= 0.6 is 23.2 Å². The molecule has 9 heteroatoms. The van der Waals surface area contributed by atoms with E-state index in [4.69, 9.17) is 23.2 Å². The first kappa shape index (κ1) is 18.2. The fourth-order valence-electron chi connectivity index (χ4n) is 2.27. The van der Waals surface area contributed by atoms with Crippen LogP contribution in [-0.4, -0.2) is 20.4 Å². The second kappa shape index (κ2) is 7.63. The van der Waals surface area contributed by atoms with Crippen LogP contribution in [0.15, 0.2) is 24.4 Å². The zero-order chi connectivity index (χ0) is 17.9. The molecule has 128 valence electrons. The molecule has 1 aromatic heterocycles. The summed E-state index contributed by atoms with van der Waals surface area (Å²) in [7, 11) is 0. The van der Waals surface area contributed by atoms with E-state index in [1.807, 2.05) is 6.92 Å². The van der Waals surface area contributed by atoms with E-state index >= 15 is 0 Å². The summed E-state index contributed by atoms with van der Waals surface area (Å²) in [6.45, 7) is 3.78. The predicted molar refractivity (Wildman–Crippen MR) is 91.3 cm³/mol. The minimum atomic E-state index is -0.561. The minimum absolute atomic E-state index is 0.171. The first-order valence-electron chi connectivity index (χ1n) is 7.20. The molecule has 0 aliphatic carbocycles. The number of imidazole rings is 1. The van der Waals surface area contributed by atoms with Crippen LogP contribution < -0.4 is 5.32 Å². The molecule has 24 heavy (non-hydrogen) atoms. The van der Waals surface area contributed by atoms with Crippen molar-refractivity contribution in [2.45, 2.75) is 32.9 Å². The minimum Gasteiger partial charge on any atom is -0.358 e. The number of rotatable bonds is 6. The maximum absolute atomic E-state index is 12.1. The van der Waals surface area contributed by atoms with Gasteiger partial charge in [-0.25, -0.2) is 0 Å². The fraction of sp³-hybridized carbons (Fsp3) is 0.333. The van der Waals surface area contributed by atoms with E-state index < -0.39 is 4.92 Å². The summed E-state index contributed by atoms with van der Waals surface area (Å²) in [4.78, 5) is 26.0. The lowest BCUT2D eigenvalue weighted by molar-refractivity contribution is -0.389. The number of aryl methyl sites for hydroxylation is 2. The fourth-order valence-corrected chi connectivity index (χ4v) is 2.84. The summed E-state index contributed by atoms with van der Waals surface area (Å²) in [5.41, 5.74) is 0.767. The smallest absolute Gasteiger partial charge is 0.358 e. The van der Waals surface area contributed by atoms with Crippen LogP contribution in [0.1, 0.15) is 30.8 Å². The SMILES string of the molecule is Cc1nc([N+](=O)[O-])cn1CCC(=O)NC(C)c1ccc(Cl)cc1Cl. The first-order valence-corrected chi connectivity index (χ1v) is 7.96. The Morgan fingerprint density at radius 1 is 1.46 bits per heavy atom. The Balaban J connectivity index is 1.94. The first-order chi connectivity index (χ1) is 11.3. The lowest BCUT2D eigenvalue weighted by Crippen LogP contribution is -2.27. The van der Waals surface area contributed by atoms with Crippen molar-refractivity contribution in [3.05, 3.63) is 55.9 Å². The number of nitrogens with one attached hydrogen (secondary N) is 1. The molecule has 1 heterocycles. The van der Waals surface area contributed by atoms with Crippen molar-refractivity contribution in [2.24, 2.45) is 0 Å². The van der Waals surface area contributed by atoms with Gasteiger partial charge >= 0.3 is 5.82 Å². The quantitative estimate of drug-likeness (QED) is 0.620. The lowest BCUT2D eigenvalue weighted by atomic mass is 10.1.